The van der Waals surface area contributed by atoms with Crippen molar-refractivity contribution in [3.63, 3.8) is 0 Å². The summed E-state index contributed by atoms with van der Waals surface area (Å²) >= 11 is 0. The number of allylic oxidation sites excluding steroid dienone is 1. The molecular formula is C23H29F3N2O9S2. The van der Waals surface area contributed by atoms with Gasteiger partial charge in [0.1, 0.15) is 5.76 Å². The van der Waals surface area contributed by atoms with Gasteiger partial charge in [-0.2, -0.15) is 25.9 Å². The summed E-state index contributed by atoms with van der Waals surface area (Å²) in [5, 5.41) is 34.0. The summed E-state index contributed by atoms with van der Waals surface area (Å²) in [7, 11) is -10.5. The molecule has 2 aliphatic carbocycles. The van der Waals surface area contributed by atoms with Crippen molar-refractivity contribution in [2.45, 2.75) is 68.1 Å². The van der Waals surface area contributed by atoms with Crippen LogP contribution in [0.15, 0.2) is 40.5 Å². The molecule has 4 rings (SSSR count). The van der Waals surface area contributed by atoms with Gasteiger partial charge in [-0.3, -0.25) is 10.1 Å². The first-order chi connectivity index (χ1) is 18.0. The minimum atomic E-state index is -6.07. The Kier molecular flexibility index (Phi) is 7.83. The Morgan fingerprint density at radius 3 is 2.44 bits per heavy atom. The number of nitro groups is 1. The minimum Gasteiger partial charge on any atom is -0.392 e. The Morgan fingerprint density at radius 1 is 1.13 bits per heavy atom. The summed E-state index contributed by atoms with van der Waals surface area (Å²) in [4.78, 5) is 10.1. The quantitative estimate of drug-likeness (QED) is 0.224. The second kappa shape index (κ2) is 10.3. The van der Waals surface area contributed by atoms with Crippen LogP contribution in [0.5, 0.6) is 0 Å². The molecule has 39 heavy (non-hydrogen) atoms. The highest BCUT2D eigenvalue weighted by atomic mass is 32.2. The van der Waals surface area contributed by atoms with E-state index in [9.17, 15) is 50.3 Å². The lowest BCUT2D eigenvalue weighted by atomic mass is 9.58. The highest BCUT2D eigenvalue weighted by Crippen LogP contribution is 2.61. The molecule has 0 aromatic heterocycles. The van der Waals surface area contributed by atoms with Gasteiger partial charge in [0.25, 0.3) is 5.69 Å². The first kappa shape index (κ1) is 29.7. The van der Waals surface area contributed by atoms with E-state index in [2.05, 4.69) is 4.18 Å². The molecule has 1 aromatic rings. The summed E-state index contributed by atoms with van der Waals surface area (Å²) in [6.45, 7) is 1.32. The summed E-state index contributed by atoms with van der Waals surface area (Å²) < 4.78 is 95.8. The van der Waals surface area contributed by atoms with Gasteiger partial charge in [-0.1, -0.05) is 19.1 Å². The van der Waals surface area contributed by atoms with Crippen LogP contribution in [0.2, 0.25) is 0 Å². The Balaban J connectivity index is 1.77. The van der Waals surface area contributed by atoms with Crippen molar-refractivity contribution >= 4 is 25.8 Å². The van der Waals surface area contributed by atoms with Crippen LogP contribution in [0.3, 0.4) is 0 Å². The second-order valence-electron chi connectivity index (χ2n) is 10.4. The molecule has 0 radical (unpaired) electrons. The molecule has 3 aliphatic rings. The molecule has 2 fully saturated rings. The molecule has 1 saturated heterocycles. The van der Waals surface area contributed by atoms with Gasteiger partial charge < -0.3 is 14.4 Å². The highest BCUT2D eigenvalue weighted by molar-refractivity contribution is 7.89. The van der Waals surface area contributed by atoms with E-state index in [-0.39, 0.29) is 56.7 Å². The molecule has 0 bridgehead atoms. The van der Waals surface area contributed by atoms with Crippen molar-refractivity contribution in [2.24, 2.45) is 17.3 Å². The Labute approximate surface area is 223 Å². The lowest BCUT2D eigenvalue weighted by Crippen LogP contribution is -2.48. The molecule has 11 nitrogen and oxygen atoms in total. The largest absolute Gasteiger partial charge is 0.534 e. The zero-order chi connectivity index (χ0) is 29.0. The highest BCUT2D eigenvalue weighted by Gasteiger charge is 2.59. The molecule has 2 N–H and O–H groups in total. The summed E-state index contributed by atoms with van der Waals surface area (Å²) in [5.41, 5.74) is -7.82. The number of halogens is 3. The number of benzene rings is 1. The van der Waals surface area contributed by atoms with Crippen molar-refractivity contribution in [3.05, 3.63) is 45.7 Å². The number of hydrogen-bond donors (Lipinski definition) is 2. The van der Waals surface area contributed by atoms with Crippen molar-refractivity contribution in [3.8, 4) is 0 Å². The number of aliphatic hydroxyl groups is 2. The van der Waals surface area contributed by atoms with Gasteiger partial charge in [0, 0.05) is 36.6 Å². The Hall–Kier alpha value is -2.27. The average molecular weight is 599 g/mol. The maximum Gasteiger partial charge on any atom is 0.534 e. The van der Waals surface area contributed by atoms with E-state index in [0.717, 1.165) is 16.4 Å². The standard InChI is InChI=1S/C23H29F3N2O9S2/c1-14-11-15-13-18(37-39(35,36)23(24,25)26)21-17(29)7-10-27(9-4-8-22(15,21)20(30)12-14)38(33,34)19-6-3-2-5-16(19)28(31)32/h2-3,5-6,14-15,17,20,29-30H,4,7-13H2,1H3/t14-,15-,17-,20-,22+/m0/s1. The van der Waals surface area contributed by atoms with Crippen molar-refractivity contribution in [1.82, 2.24) is 4.31 Å². The van der Waals surface area contributed by atoms with Gasteiger partial charge in [-0.25, -0.2) is 8.42 Å². The van der Waals surface area contributed by atoms with Gasteiger partial charge in [0.15, 0.2) is 4.90 Å². The van der Waals surface area contributed by atoms with E-state index < -0.39 is 70.5 Å². The summed E-state index contributed by atoms with van der Waals surface area (Å²) in [6.07, 6.45) is -2.63. The SMILES string of the molecule is C[C@H]1C[C@H]2CC(OS(=O)(=O)C(F)(F)F)=C3[C@@H](O)CCN(S(=O)(=O)c4ccccc4[N+](=O)[O-])CCC[C@@]32[C@@H](O)C1. The normalized spacial score (nSPS) is 31.0. The third kappa shape index (κ3) is 5.16. The third-order valence-electron chi connectivity index (χ3n) is 8.03. The number of sulfonamides is 1. The summed E-state index contributed by atoms with van der Waals surface area (Å²) in [5.74, 6) is -1.17. The Bertz CT molecular complexity index is 1380. The number of hydrogen-bond acceptors (Lipinski definition) is 9. The lowest BCUT2D eigenvalue weighted by Gasteiger charge is -2.48. The van der Waals surface area contributed by atoms with Crippen LogP contribution in [0.1, 0.15) is 45.4 Å². The predicted molar refractivity (Wildman–Crippen MR) is 130 cm³/mol. The Morgan fingerprint density at radius 2 is 1.79 bits per heavy atom. The number of aliphatic hydroxyl groups excluding tert-OH is 2. The molecule has 16 heteroatoms. The van der Waals surface area contributed by atoms with Crippen LogP contribution >= 0.6 is 0 Å². The van der Waals surface area contributed by atoms with Crippen molar-refractivity contribution in [2.75, 3.05) is 13.1 Å². The second-order valence-corrected chi connectivity index (χ2v) is 13.8. The van der Waals surface area contributed by atoms with E-state index in [0.29, 0.717) is 6.42 Å². The van der Waals surface area contributed by atoms with E-state index in [1.807, 2.05) is 6.92 Å². The smallest absolute Gasteiger partial charge is 0.392 e. The minimum absolute atomic E-state index is 0.0276. The van der Waals surface area contributed by atoms with Gasteiger partial charge in [-0.05, 0) is 50.0 Å². The molecule has 1 aromatic carbocycles. The monoisotopic (exact) mass is 598 g/mol. The molecule has 1 heterocycles. The number of para-hydroxylation sites is 1. The van der Waals surface area contributed by atoms with E-state index in [1.54, 1.807) is 0 Å². The van der Waals surface area contributed by atoms with Crippen molar-refractivity contribution in [1.29, 1.82) is 0 Å². The van der Waals surface area contributed by atoms with Crippen LogP contribution in [0.25, 0.3) is 0 Å². The first-order valence-electron chi connectivity index (χ1n) is 12.4. The predicted octanol–water partition coefficient (Wildman–Crippen LogP) is 3.05. The molecule has 1 spiro atoms. The lowest BCUT2D eigenvalue weighted by molar-refractivity contribution is -0.387. The maximum atomic E-state index is 13.4. The van der Waals surface area contributed by atoms with Crippen LogP contribution < -0.4 is 0 Å². The number of nitrogens with zero attached hydrogens (tertiary/aromatic N) is 2. The zero-order valence-electron chi connectivity index (χ0n) is 20.9. The van der Waals surface area contributed by atoms with Gasteiger partial charge in [-0.15, -0.1) is 0 Å². The maximum absolute atomic E-state index is 13.4. The molecule has 0 unspecified atom stereocenters. The average Bonchev–Trinajstić information content (AvgIpc) is 3.15. The number of nitro benzene ring substituents is 1. The fourth-order valence-electron chi connectivity index (χ4n) is 6.45. The topological polar surface area (TPSA) is 164 Å². The fourth-order valence-corrected chi connectivity index (χ4v) is 8.62. The van der Waals surface area contributed by atoms with Gasteiger partial charge >= 0.3 is 15.6 Å². The summed E-state index contributed by atoms with van der Waals surface area (Å²) in [6, 6.07) is 4.77. The van der Waals surface area contributed by atoms with E-state index in [4.69, 9.17) is 0 Å². The molecular weight excluding hydrogens is 569 g/mol. The molecule has 1 saturated carbocycles. The van der Waals surface area contributed by atoms with Crippen molar-refractivity contribution < 1.29 is 49.3 Å². The van der Waals surface area contributed by atoms with E-state index >= 15 is 0 Å². The van der Waals surface area contributed by atoms with Crippen LogP contribution in [-0.2, 0) is 24.3 Å². The molecule has 5 atom stereocenters. The first-order valence-corrected chi connectivity index (χ1v) is 15.2. The number of alkyl halides is 3. The molecule has 218 valence electrons. The van der Waals surface area contributed by atoms with E-state index in [1.165, 1.54) is 12.1 Å². The third-order valence-corrected chi connectivity index (χ3v) is 11.0. The fraction of sp³-hybridized carbons (Fsp3) is 0.652. The molecule has 1 aliphatic heterocycles. The molecule has 0 amide bonds. The van der Waals surface area contributed by atoms with Crippen LogP contribution in [-0.4, -0.2) is 67.1 Å². The van der Waals surface area contributed by atoms with Gasteiger partial charge in [0.05, 0.1) is 17.1 Å². The van der Waals surface area contributed by atoms with Crippen LogP contribution in [0.4, 0.5) is 18.9 Å². The van der Waals surface area contributed by atoms with Crippen LogP contribution in [0, 0.1) is 27.4 Å². The van der Waals surface area contributed by atoms with Gasteiger partial charge in [0.2, 0.25) is 10.0 Å². The zero-order valence-corrected chi connectivity index (χ0v) is 22.5. The number of rotatable bonds is 5.